The second-order valence-electron chi connectivity index (χ2n) is 0. The third kappa shape index (κ3) is 31.4. The van der Waals surface area contributed by atoms with Gasteiger partial charge < -0.3 is 23.3 Å². The molecule has 0 nitrogen and oxygen atoms in total. The Morgan fingerprint density at radius 1 is 0.667 bits per heavy atom. The van der Waals surface area contributed by atoms with Gasteiger partial charge in [0, 0.05) is 42.1 Å². The maximum absolute atomic E-state index is 3.67. The first-order valence-corrected chi connectivity index (χ1v) is 1.50. The molecule has 0 aromatic rings. The molecule has 40 valence electrons. The van der Waals surface area contributed by atoms with Crippen molar-refractivity contribution in [2.45, 2.75) is 0 Å². The van der Waals surface area contributed by atoms with Crippen molar-refractivity contribution in [1.29, 1.82) is 0 Å². The van der Waals surface area contributed by atoms with Gasteiger partial charge in [-0.05, 0) is 21.9 Å². The van der Waals surface area contributed by atoms with Crippen LogP contribution in [-0.4, -0.2) is 21.9 Å². The summed E-state index contributed by atoms with van der Waals surface area (Å²) in [6.07, 6.45) is 0. The van der Waals surface area contributed by atoms with Crippen molar-refractivity contribution < 1.29 is 42.1 Å². The zero-order valence-electron chi connectivity index (χ0n) is 3.63. The van der Waals surface area contributed by atoms with Crippen LogP contribution < -0.4 is 0 Å². The van der Waals surface area contributed by atoms with Crippen molar-refractivity contribution in [3.8, 4) is 0 Å². The normalized spacial score (nSPS) is 1.00. The number of hydrogen-bond acceptors (Lipinski definition) is 2. The van der Waals surface area contributed by atoms with Gasteiger partial charge in [0.05, 0.1) is 0 Å². The van der Waals surface area contributed by atoms with Crippen molar-refractivity contribution in [2.24, 2.45) is 0 Å². The Labute approximate surface area is 86.4 Å². The third-order valence-electron chi connectivity index (χ3n) is 0. The molecular weight excluding hydrogens is 312 g/mol. The predicted molar refractivity (Wildman–Crippen MR) is 34.6 cm³/mol. The van der Waals surface area contributed by atoms with Crippen molar-refractivity contribution in [2.75, 3.05) is 0 Å². The summed E-state index contributed by atoms with van der Waals surface area (Å²) in [5.74, 6) is 0. The van der Waals surface area contributed by atoms with E-state index in [1.807, 2.05) is 0 Å². The Morgan fingerprint density at radius 3 is 0.667 bits per heavy atom. The molecule has 0 bridgehead atoms. The quantitative estimate of drug-likeness (QED) is 0.278. The molecule has 0 atom stereocenters. The van der Waals surface area contributed by atoms with Gasteiger partial charge in [0.1, 0.15) is 0 Å². The molecule has 0 heterocycles. The van der Waals surface area contributed by atoms with Crippen LogP contribution in [0.2, 0.25) is 0 Å². The Kier molecular flexibility index (Phi) is 328. The summed E-state index contributed by atoms with van der Waals surface area (Å²) in [5, 5.41) is 0. The van der Waals surface area contributed by atoms with Crippen molar-refractivity contribution in [3.63, 3.8) is 0 Å². The van der Waals surface area contributed by atoms with Crippen molar-refractivity contribution >= 4 is 45.3 Å². The topological polar surface area (TPSA) is 0 Å². The van der Waals surface area contributed by atoms with Gasteiger partial charge in [0.15, 0.2) is 0 Å². The summed E-state index contributed by atoms with van der Waals surface area (Å²) in [7, 11) is 0. The molecule has 0 aliphatic rings. The second-order valence-corrected chi connectivity index (χ2v) is 0. The molecule has 0 aromatic heterocycles. The van der Waals surface area contributed by atoms with E-state index in [1.165, 1.54) is 0 Å². The van der Waals surface area contributed by atoms with Crippen LogP contribution in [0.3, 0.4) is 0 Å². The molecule has 0 rings (SSSR count). The molecule has 0 saturated carbocycles. The van der Waals surface area contributed by atoms with Crippen LogP contribution in [-0.2, 0) is 65.5 Å². The fourth-order valence-electron chi connectivity index (χ4n) is 0. The van der Waals surface area contributed by atoms with Crippen LogP contribution in [0.1, 0.15) is 0 Å². The van der Waals surface area contributed by atoms with Gasteiger partial charge >= 0.3 is 0 Å². The van der Waals surface area contributed by atoms with Gasteiger partial charge in [0.2, 0.25) is 0 Å². The summed E-state index contributed by atoms with van der Waals surface area (Å²) in [6.45, 7) is 0. The largest absolute Gasteiger partial charge is 1.00 e. The van der Waals surface area contributed by atoms with Crippen LogP contribution in [0.25, 0.3) is 0 Å². The minimum atomic E-state index is 0. The van der Waals surface area contributed by atoms with E-state index in [0.29, 0.717) is 0 Å². The average Bonchev–Trinajstić information content (AvgIpc) is 1.00. The monoisotopic (exact) mass is 322 g/mol. The van der Waals surface area contributed by atoms with E-state index in [1.54, 1.807) is 0 Å². The number of hydrogen-bond donors (Lipinski definition) is 0. The van der Waals surface area contributed by atoms with Crippen molar-refractivity contribution in [3.05, 3.63) is 0 Å². The molecule has 0 unspecified atom stereocenters. The first kappa shape index (κ1) is 39.0. The van der Waals surface area contributed by atoms with E-state index < -0.39 is 0 Å². The summed E-state index contributed by atoms with van der Waals surface area (Å²) in [4.78, 5) is 0. The van der Waals surface area contributed by atoms with E-state index in [0.717, 1.165) is 0 Å². The molecule has 0 aromatic carbocycles. The minimum Gasteiger partial charge on any atom is -1.00 e. The Balaban J connectivity index is -0.000000000833. The van der Waals surface area contributed by atoms with E-state index in [-0.39, 0.29) is 64.1 Å². The summed E-state index contributed by atoms with van der Waals surface area (Å²) < 4.78 is 0. The third-order valence-corrected chi connectivity index (χ3v) is 0. The summed E-state index contributed by atoms with van der Waals surface area (Å²) >= 11 is 7.33. The van der Waals surface area contributed by atoms with E-state index in [4.69, 9.17) is 0 Å². The van der Waals surface area contributed by atoms with Crippen LogP contribution in [0, 0.1) is 0 Å². The first-order chi connectivity index (χ1) is 1.00. The van der Waals surface area contributed by atoms with E-state index in [2.05, 4.69) is 23.3 Å². The molecule has 0 fully saturated rings. The zero-order valence-corrected chi connectivity index (χ0v) is 13.3. The molecule has 0 saturated heterocycles. The molecule has 0 aliphatic carbocycles. The van der Waals surface area contributed by atoms with Crippen LogP contribution >= 0.6 is 0 Å². The van der Waals surface area contributed by atoms with E-state index >= 15 is 0 Å². The van der Waals surface area contributed by atoms with Gasteiger partial charge in [-0.1, -0.05) is 0 Å². The average molecular weight is 318 g/mol. The van der Waals surface area contributed by atoms with Gasteiger partial charge in [-0.3, -0.25) is 0 Å². The van der Waals surface area contributed by atoms with Gasteiger partial charge in [-0.2, -0.15) is 0 Å². The smallest absolute Gasteiger partial charge is 0 e. The molecule has 6 heavy (non-hydrogen) atoms. The van der Waals surface area contributed by atoms with E-state index in [9.17, 15) is 0 Å². The Morgan fingerprint density at radius 2 is 0.667 bits per heavy atom. The zero-order chi connectivity index (χ0) is 2.00. The molecule has 0 amide bonds. The maximum Gasteiger partial charge on any atom is 0 e. The first-order valence-electron chi connectivity index (χ1n) is 0.167. The molecule has 0 spiro atoms. The molecule has 6 heteroatoms. The van der Waals surface area contributed by atoms with Crippen molar-refractivity contribution in [1.82, 2.24) is 0 Å². The predicted octanol–water partition coefficient (Wildman–Crippen LogP) is -2.38. The van der Waals surface area contributed by atoms with Crippen LogP contribution in [0.5, 0.6) is 0 Å². The minimum absolute atomic E-state index is 0. The Bertz CT molecular complexity index is 9.51. The number of rotatable bonds is 0. The second kappa shape index (κ2) is 50.5. The molecule has 2 radical (unpaired) electrons. The molecular formula is H6Mo2S2Si2-2. The van der Waals surface area contributed by atoms with Gasteiger partial charge in [-0.25, -0.2) is 0 Å². The summed E-state index contributed by atoms with van der Waals surface area (Å²) in [5.41, 5.74) is 0. The Hall–Kier alpha value is 2.51. The van der Waals surface area contributed by atoms with Gasteiger partial charge in [-0.15, -0.1) is 0 Å². The van der Waals surface area contributed by atoms with Crippen LogP contribution in [0.4, 0.5) is 0 Å². The molecule has 0 N–H and O–H groups in total. The van der Waals surface area contributed by atoms with Crippen LogP contribution in [0.15, 0.2) is 0 Å². The summed E-state index contributed by atoms with van der Waals surface area (Å²) in [6, 6.07) is 0. The SMILES string of the molecule is [Mo].[Mo].[S-][S-].[SiH3].[SiH3]. The fourth-order valence-corrected chi connectivity index (χ4v) is 0. The van der Waals surface area contributed by atoms with Gasteiger partial charge in [0.25, 0.3) is 0 Å². The molecule has 0 aliphatic heterocycles. The maximum atomic E-state index is 3.67. The standard InChI is InChI=1S/2Mo.S2.2H3Si/c;;1-2;;/h;;;2*1H3/q;;-2;;. The fraction of sp³-hybridized carbons (Fsp3) is 0.